The molecule has 212 valence electrons. The van der Waals surface area contributed by atoms with E-state index in [1.807, 2.05) is 52.2 Å². The summed E-state index contributed by atoms with van der Waals surface area (Å²) in [6.07, 6.45) is -0.972. The lowest BCUT2D eigenvalue weighted by molar-refractivity contribution is -0.0108. The third-order valence-corrected chi connectivity index (χ3v) is 7.63. The number of aromatic amines is 1. The second-order valence-corrected chi connectivity index (χ2v) is 13.2. The molecular formula is C28H40ClN7O3. The van der Waals surface area contributed by atoms with E-state index in [0.29, 0.717) is 34.6 Å². The molecule has 2 atom stereocenters. The van der Waals surface area contributed by atoms with Crippen LogP contribution in [0.2, 0.25) is 5.02 Å². The summed E-state index contributed by atoms with van der Waals surface area (Å²) in [7, 11) is 0. The van der Waals surface area contributed by atoms with E-state index in [1.165, 1.54) is 4.90 Å². The van der Waals surface area contributed by atoms with Crippen molar-refractivity contribution in [3.05, 3.63) is 39.9 Å². The first-order chi connectivity index (χ1) is 18.0. The Hall–Kier alpha value is -3.27. The number of fused-ring (bicyclic) bond motifs is 1. The summed E-state index contributed by atoms with van der Waals surface area (Å²) in [6, 6.07) is 3.35. The molecule has 2 unspecified atom stereocenters. The monoisotopic (exact) mass is 557 g/mol. The molecule has 0 spiro atoms. The lowest BCUT2D eigenvalue weighted by atomic mass is 9.76. The van der Waals surface area contributed by atoms with Crippen molar-refractivity contribution in [3.8, 4) is 0 Å². The number of carboxylic acid groups (broad SMARTS) is 1. The average molecular weight is 558 g/mol. The quantitative estimate of drug-likeness (QED) is 0.307. The van der Waals surface area contributed by atoms with Crippen LogP contribution in [0.15, 0.2) is 12.1 Å². The summed E-state index contributed by atoms with van der Waals surface area (Å²) in [4.78, 5) is 31.3. The average Bonchev–Trinajstić information content (AvgIpc) is 3.31. The molecule has 1 aliphatic heterocycles. The van der Waals surface area contributed by atoms with Gasteiger partial charge >= 0.3 is 6.09 Å². The number of rotatable bonds is 6. The Morgan fingerprint density at radius 1 is 1.21 bits per heavy atom. The highest BCUT2D eigenvalue weighted by Gasteiger charge is 2.49. The number of anilines is 1. The van der Waals surface area contributed by atoms with E-state index in [4.69, 9.17) is 16.6 Å². The summed E-state index contributed by atoms with van der Waals surface area (Å²) in [5.74, 6) is 1.14. The van der Waals surface area contributed by atoms with Gasteiger partial charge in [0.1, 0.15) is 11.5 Å². The second-order valence-electron chi connectivity index (χ2n) is 12.8. The molecule has 1 saturated heterocycles. The molecule has 0 radical (unpaired) electrons. The Labute approximate surface area is 234 Å². The standard InChI is InChI=1S/C28H40ClN7O3/c1-14(2)36-21(12-30-24-16-10-17(27(4,5)6)18(29)11-19(16)33-34-24)31-15(3)22(36)25(37)32-20-13-35(26(38)39)23(20)28(7,8)9/h10-11,14,20,23H,12-13H2,1-9H3,(H,32,37)(H,38,39)(H2,30,33,34). The molecule has 10 nitrogen and oxygen atoms in total. The van der Waals surface area contributed by atoms with Crippen LogP contribution in [0.3, 0.4) is 0 Å². The fourth-order valence-electron chi connectivity index (χ4n) is 5.60. The number of benzene rings is 1. The van der Waals surface area contributed by atoms with E-state index in [0.717, 1.165) is 16.5 Å². The predicted octanol–water partition coefficient (Wildman–Crippen LogP) is 5.72. The predicted molar refractivity (Wildman–Crippen MR) is 154 cm³/mol. The van der Waals surface area contributed by atoms with Crippen LogP contribution in [0.4, 0.5) is 10.6 Å². The maximum absolute atomic E-state index is 13.5. The zero-order valence-electron chi connectivity index (χ0n) is 24.2. The fraction of sp³-hybridized carbons (Fsp3) is 0.571. The molecule has 39 heavy (non-hydrogen) atoms. The number of likely N-dealkylation sites (tertiary alicyclic amines) is 1. The highest BCUT2D eigenvalue weighted by Crippen LogP contribution is 2.36. The summed E-state index contributed by atoms with van der Waals surface area (Å²) in [6.45, 7) is 18.8. The number of H-pyrrole nitrogens is 1. The smallest absolute Gasteiger partial charge is 0.407 e. The highest BCUT2D eigenvalue weighted by atomic mass is 35.5. The Bertz CT molecular complexity index is 1410. The summed E-state index contributed by atoms with van der Waals surface area (Å²) < 4.78 is 1.93. The summed E-state index contributed by atoms with van der Waals surface area (Å²) in [5, 5.41) is 25.2. The molecule has 4 rings (SSSR count). The number of aromatic nitrogens is 4. The van der Waals surface area contributed by atoms with Crippen LogP contribution in [0.25, 0.3) is 10.9 Å². The van der Waals surface area contributed by atoms with Gasteiger partial charge in [0.15, 0.2) is 5.82 Å². The molecular weight excluding hydrogens is 518 g/mol. The molecule has 1 fully saturated rings. The Kier molecular flexibility index (Phi) is 7.40. The first kappa shape index (κ1) is 28.7. The van der Waals surface area contributed by atoms with Crippen molar-refractivity contribution < 1.29 is 14.7 Å². The molecule has 1 aromatic carbocycles. The van der Waals surface area contributed by atoms with E-state index in [-0.39, 0.29) is 41.4 Å². The van der Waals surface area contributed by atoms with E-state index < -0.39 is 6.09 Å². The minimum Gasteiger partial charge on any atom is -0.465 e. The fourth-order valence-corrected chi connectivity index (χ4v) is 6.05. The maximum atomic E-state index is 13.5. The van der Waals surface area contributed by atoms with Crippen LogP contribution < -0.4 is 10.6 Å². The number of aryl methyl sites for hydroxylation is 1. The van der Waals surface area contributed by atoms with Crippen molar-refractivity contribution in [2.75, 3.05) is 11.9 Å². The summed E-state index contributed by atoms with van der Waals surface area (Å²) in [5.41, 5.74) is 2.53. The van der Waals surface area contributed by atoms with Crippen LogP contribution in [0, 0.1) is 12.3 Å². The number of imidazole rings is 1. The Morgan fingerprint density at radius 2 is 1.87 bits per heavy atom. The number of amides is 2. The zero-order valence-corrected chi connectivity index (χ0v) is 25.0. The van der Waals surface area contributed by atoms with Crippen molar-refractivity contribution in [1.82, 2.24) is 30.0 Å². The largest absolute Gasteiger partial charge is 0.465 e. The maximum Gasteiger partial charge on any atom is 0.407 e. The van der Waals surface area contributed by atoms with Crippen LogP contribution in [-0.4, -0.2) is 60.4 Å². The van der Waals surface area contributed by atoms with Crippen molar-refractivity contribution in [2.24, 2.45) is 5.41 Å². The van der Waals surface area contributed by atoms with E-state index in [2.05, 4.69) is 47.7 Å². The van der Waals surface area contributed by atoms with Gasteiger partial charge in [0.25, 0.3) is 5.91 Å². The van der Waals surface area contributed by atoms with Gasteiger partial charge in [0.2, 0.25) is 0 Å². The van der Waals surface area contributed by atoms with Gasteiger partial charge in [0, 0.05) is 23.0 Å². The van der Waals surface area contributed by atoms with Crippen molar-refractivity contribution in [2.45, 2.75) is 92.4 Å². The Morgan fingerprint density at radius 3 is 2.44 bits per heavy atom. The van der Waals surface area contributed by atoms with Gasteiger partial charge in [-0.15, -0.1) is 0 Å². The van der Waals surface area contributed by atoms with Crippen molar-refractivity contribution in [3.63, 3.8) is 0 Å². The van der Waals surface area contributed by atoms with Gasteiger partial charge in [-0.1, -0.05) is 53.1 Å². The topological polar surface area (TPSA) is 128 Å². The Balaban J connectivity index is 1.58. The molecule has 3 heterocycles. The number of nitrogens with zero attached hydrogens (tertiary/aromatic N) is 4. The summed E-state index contributed by atoms with van der Waals surface area (Å²) >= 11 is 6.53. The van der Waals surface area contributed by atoms with Crippen molar-refractivity contribution in [1.29, 1.82) is 0 Å². The minimum atomic E-state index is -0.972. The molecule has 3 aromatic rings. The minimum absolute atomic E-state index is 0.0266. The van der Waals surface area contributed by atoms with Crippen molar-refractivity contribution >= 4 is 40.3 Å². The van der Waals surface area contributed by atoms with Gasteiger partial charge < -0.3 is 25.2 Å². The third kappa shape index (κ3) is 5.44. The SMILES string of the molecule is Cc1nc(CNc2n[nH]c3cc(Cl)c(C(C)(C)C)cc23)n(C(C)C)c1C(=O)NC1CN(C(=O)O)C1C(C)(C)C. The lowest BCUT2D eigenvalue weighted by Crippen LogP contribution is -2.71. The molecule has 11 heteroatoms. The molecule has 2 amide bonds. The molecule has 1 aliphatic rings. The molecule has 0 saturated carbocycles. The molecule has 0 aliphatic carbocycles. The number of halogens is 1. The van der Waals surface area contributed by atoms with Crippen LogP contribution >= 0.6 is 11.6 Å². The first-order valence-electron chi connectivity index (χ1n) is 13.3. The molecule has 4 N–H and O–H groups in total. The third-order valence-electron chi connectivity index (χ3n) is 7.32. The normalized spacial score (nSPS) is 18.0. The van der Waals surface area contributed by atoms with Gasteiger partial charge in [-0.25, -0.2) is 9.78 Å². The van der Waals surface area contributed by atoms with E-state index >= 15 is 0 Å². The van der Waals surface area contributed by atoms with E-state index in [1.54, 1.807) is 0 Å². The number of nitrogens with one attached hydrogen (secondary N) is 3. The van der Waals surface area contributed by atoms with Gasteiger partial charge in [0.05, 0.1) is 29.8 Å². The van der Waals surface area contributed by atoms with Crippen LogP contribution in [0.5, 0.6) is 0 Å². The van der Waals surface area contributed by atoms with Crippen LogP contribution in [-0.2, 0) is 12.0 Å². The number of hydrogen-bond acceptors (Lipinski definition) is 5. The lowest BCUT2D eigenvalue weighted by Gasteiger charge is -2.52. The number of carbonyl (C=O) groups excluding carboxylic acids is 1. The van der Waals surface area contributed by atoms with E-state index in [9.17, 15) is 14.7 Å². The van der Waals surface area contributed by atoms with Gasteiger partial charge in [-0.2, -0.15) is 5.10 Å². The zero-order chi connectivity index (χ0) is 29.0. The molecule has 0 bridgehead atoms. The number of carbonyl (C=O) groups is 2. The van der Waals surface area contributed by atoms with Crippen LogP contribution in [0.1, 0.15) is 89.0 Å². The highest BCUT2D eigenvalue weighted by molar-refractivity contribution is 6.32. The number of hydrogen-bond donors (Lipinski definition) is 4. The first-order valence-corrected chi connectivity index (χ1v) is 13.7. The second kappa shape index (κ2) is 10.0. The van der Waals surface area contributed by atoms with Gasteiger partial charge in [-0.05, 0) is 49.3 Å². The molecule has 2 aromatic heterocycles. The van der Waals surface area contributed by atoms with Gasteiger partial charge in [-0.3, -0.25) is 9.89 Å².